The lowest BCUT2D eigenvalue weighted by Gasteiger charge is -2.36. The number of hydrogen-bond donors (Lipinski definition) is 1. The van der Waals surface area contributed by atoms with Gasteiger partial charge in [-0.15, -0.1) is 0 Å². The summed E-state index contributed by atoms with van der Waals surface area (Å²) < 4.78 is 11.1. The van der Waals surface area contributed by atoms with E-state index in [1.54, 1.807) is 4.90 Å². The van der Waals surface area contributed by atoms with Crippen LogP contribution in [-0.4, -0.2) is 74.3 Å². The fourth-order valence-corrected chi connectivity index (χ4v) is 3.78. The van der Waals surface area contributed by atoms with E-state index in [1.807, 2.05) is 13.0 Å². The van der Waals surface area contributed by atoms with Crippen molar-refractivity contribution in [2.75, 3.05) is 52.5 Å². The van der Waals surface area contributed by atoms with E-state index >= 15 is 0 Å². The van der Waals surface area contributed by atoms with E-state index < -0.39 is 0 Å². The summed E-state index contributed by atoms with van der Waals surface area (Å²) in [6, 6.07) is 10.4. The fourth-order valence-electron chi connectivity index (χ4n) is 3.78. The minimum atomic E-state index is -0.224. The summed E-state index contributed by atoms with van der Waals surface area (Å²) in [6.45, 7) is 9.49. The second-order valence-electron chi connectivity index (χ2n) is 7.12. The summed E-state index contributed by atoms with van der Waals surface area (Å²) in [7, 11) is 0. The van der Waals surface area contributed by atoms with E-state index in [4.69, 9.17) is 14.5 Å². The fraction of sp³-hybridized carbons (Fsp3) is 0.619. The molecule has 1 N–H and O–H groups in total. The Morgan fingerprint density at radius 3 is 2.57 bits per heavy atom. The molecule has 0 bridgehead atoms. The molecule has 1 amide bonds. The van der Waals surface area contributed by atoms with Crippen molar-refractivity contribution < 1.29 is 14.3 Å². The van der Waals surface area contributed by atoms with Crippen molar-refractivity contribution in [1.82, 2.24) is 15.1 Å². The highest BCUT2D eigenvalue weighted by atomic mass is 16.6. The molecular weight excluding hydrogens is 356 g/mol. The molecule has 0 radical (unpaired) electrons. The zero-order valence-electron chi connectivity index (χ0n) is 17.0. The second kappa shape index (κ2) is 10.3. The Bertz CT molecular complexity index is 644. The van der Waals surface area contributed by atoms with Gasteiger partial charge < -0.3 is 24.6 Å². The van der Waals surface area contributed by atoms with Crippen LogP contribution in [0.1, 0.15) is 31.9 Å². The largest absolute Gasteiger partial charge is 0.450 e. The quantitative estimate of drug-likeness (QED) is 0.620. The molecule has 28 heavy (non-hydrogen) atoms. The van der Waals surface area contributed by atoms with Gasteiger partial charge in [0.15, 0.2) is 5.96 Å². The maximum atomic E-state index is 11.9. The van der Waals surface area contributed by atoms with Gasteiger partial charge in [-0.05, 0) is 25.8 Å². The van der Waals surface area contributed by atoms with Crippen molar-refractivity contribution in [3.05, 3.63) is 35.9 Å². The molecule has 2 aliphatic rings. The van der Waals surface area contributed by atoms with Crippen molar-refractivity contribution in [1.29, 1.82) is 0 Å². The summed E-state index contributed by atoms with van der Waals surface area (Å²) in [4.78, 5) is 20.8. The molecule has 2 unspecified atom stereocenters. The Balaban J connectivity index is 1.59. The molecule has 0 aliphatic carbocycles. The summed E-state index contributed by atoms with van der Waals surface area (Å²) in [5, 5.41) is 3.40. The van der Waals surface area contributed by atoms with Crippen molar-refractivity contribution in [2.24, 2.45) is 10.9 Å². The number of rotatable bonds is 5. The van der Waals surface area contributed by atoms with Gasteiger partial charge in [0.25, 0.3) is 0 Å². The average molecular weight is 389 g/mol. The number of piperazine rings is 1. The molecular formula is C21H32N4O3. The van der Waals surface area contributed by atoms with Gasteiger partial charge in [-0.2, -0.15) is 0 Å². The number of nitrogens with zero attached hydrogens (tertiary/aromatic N) is 3. The zero-order valence-corrected chi connectivity index (χ0v) is 17.0. The van der Waals surface area contributed by atoms with Gasteiger partial charge in [-0.3, -0.25) is 4.99 Å². The first-order valence-electron chi connectivity index (χ1n) is 10.3. The van der Waals surface area contributed by atoms with E-state index in [-0.39, 0.29) is 12.2 Å². The van der Waals surface area contributed by atoms with Crippen LogP contribution < -0.4 is 5.32 Å². The lowest BCUT2D eigenvalue weighted by molar-refractivity contribution is 0.0902. The number of hydrogen-bond acceptors (Lipinski definition) is 4. The van der Waals surface area contributed by atoms with Crippen LogP contribution in [0, 0.1) is 5.92 Å². The van der Waals surface area contributed by atoms with Crippen molar-refractivity contribution >= 4 is 12.1 Å². The first-order chi connectivity index (χ1) is 13.7. The van der Waals surface area contributed by atoms with E-state index in [1.165, 1.54) is 5.56 Å². The Morgan fingerprint density at radius 1 is 1.18 bits per heavy atom. The third kappa shape index (κ3) is 5.16. The molecule has 7 nitrogen and oxygen atoms in total. The summed E-state index contributed by atoms with van der Waals surface area (Å²) in [5.74, 6) is 1.31. The average Bonchev–Trinajstić information content (AvgIpc) is 3.21. The monoisotopic (exact) mass is 388 g/mol. The Labute approximate surface area is 167 Å². The van der Waals surface area contributed by atoms with E-state index in [2.05, 4.69) is 41.4 Å². The van der Waals surface area contributed by atoms with Gasteiger partial charge in [-0.1, -0.05) is 30.3 Å². The maximum absolute atomic E-state index is 11.9. The SMILES string of the molecule is CCNC(=NCC1CCOC1c1ccccc1)N1CCN(C(=O)OCC)CC1. The molecule has 0 saturated carbocycles. The number of amides is 1. The smallest absolute Gasteiger partial charge is 0.409 e. The summed E-state index contributed by atoms with van der Waals surface area (Å²) >= 11 is 0. The lowest BCUT2D eigenvalue weighted by atomic mass is 9.95. The maximum Gasteiger partial charge on any atom is 0.409 e. The van der Waals surface area contributed by atoms with Crippen LogP contribution in [0.2, 0.25) is 0 Å². The normalized spacial score (nSPS) is 23.0. The number of nitrogens with one attached hydrogen (secondary N) is 1. The van der Waals surface area contributed by atoms with Crippen LogP contribution in [0.3, 0.4) is 0 Å². The molecule has 1 aromatic rings. The van der Waals surface area contributed by atoms with E-state index in [0.29, 0.717) is 25.6 Å². The molecule has 3 rings (SSSR count). The van der Waals surface area contributed by atoms with Crippen LogP contribution in [0.15, 0.2) is 35.3 Å². The molecule has 2 saturated heterocycles. The zero-order chi connectivity index (χ0) is 19.8. The van der Waals surface area contributed by atoms with Crippen LogP contribution in [0.25, 0.3) is 0 Å². The highest BCUT2D eigenvalue weighted by Gasteiger charge is 2.30. The van der Waals surface area contributed by atoms with Gasteiger partial charge in [0.1, 0.15) is 0 Å². The van der Waals surface area contributed by atoms with Crippen LogP contribution in [-0.2, 0) is 9.47 Å². The van der Waals surface area contributed by atoms with E-state index in [9.17, 15) is 4.79 Å². The first kappa shape index (κ1) is 20.5. The lowest BCUT2D eigenvalue weighted by Crippen LogP contribution is -2.54. The highest BCUT2D eigenvalue weighted by Crippen LogP contribution is 2.34. The Hall–Kier alpha value is -2.28. The third-order valence-corrected chi connectivity index (χ3v) is 5.26. The predicted octanol–water partition coefficient (Wildman–Crippen LogP) is 2.50. The predicted molar refractivity (Wildman–Crippen MR) is 109 cm³/mol. The van der Waals surface area contributed by atoms with Crippen molar-refractivity contribution in [2.45, 2.75) is 26.4 Å². The molecule has 2 fully saturated rings. The third-order valence-electron chi connectivity index (χ3n) is 5.26. The highest BCUT2D eigenvalue weighted by molar-refractivity contribution is 5.80. The van der Waals surface area contributed by atoms with Gasteiger partial charge in [-0.25, -0.2) is 4.79 Å². The van der Waals surface area contributed by atoms with Gasteiger partial charge in [0.2, 0.25) is 0 Å². The minimum absolute atomic E-state index is 0.119. The first-order valence-corrected chi connectivity index (χ1v) is 10.3. The van der Waals surface area contributed by atoms with Crippen molar-refractivity contribution in [3.8, 4) is 0 Å². The molecule has 0 aromatic heterocycles. The van der Waals surface area contributed by atoms with Crippen molar-refractivity contribution in [3.63, 3.8) is 0 Å². The van der Waals surface area contributed by atoms with E-state index in [0.717, 1.165) is 45.2 Å². The van der Waals surface area contributed by atoms with Gasteiger partial charge in [0.05, 0.1) is 12.7 Å². The topological polar surface area (TPSA) is 66.4 Å². The number of benzene rings is 1. The van der Waals surface area contributed by atoms with Crippen LogP contribution in [0.4, 0.5) is 4.79 Å². The number of aliphatic imine (C=N–C) groups is 1. The standard InChI is InChI=1S/C21H32N4O3/c1-3-22-20(24-11-13-25(14-12-24)21(26)27-4-2)23-16-18-10-15-28-19(18)17-8-6-5-7-9-17/h5-9,18-19H,3-4,10-16H2,1-2H3,(H,22,23). The number of carbonyl (C=O) groups is 1. The van der Waals surface area contributed by atoms with Gasteiger partial charge >= 0.3 is 6.09 Å². The molecule has 2 atom stereocenters. The van der Waals surface area contributed by atoms with Crippen LogP contribution >= 0.6 is 0 Å². The van der Waals surface area contributed by atoms with Gasteiger partial charge in [0, 0.05) is 51.8 Å². The second-order valence-corrected chi connectivity index (χ2v) is 7.12. The molecule has 0 spiro atoms. The number of guanidine groups is 1. The Kier molecular flexibility index (Phi) is 7.54. The Morgan fingerprint density at radius 2 is 1.89 bits per heavy atom. The summed E-state index contributed by atoms with van der Waals surface area (Å²) in [6.07, 6.45) is 0.922. The van der Waals surface area contributed by atoms with Crippen LogP contribution in [0.5, 0.6) is 0 Å². The number of ether oxygens (including phenoxy) is 2. The molecule has 7 heteroatoms. The molecule has 154 valence electrons. The molecule has 2 aliphatic heterocycles. The number of carbonyl (C=O) groups excluding carboxylic acids is 1. The summed E-state index contributed by atoms with van der Waals surface area (Å²) in [5.41, 5.74) is 1.23. The molecule has 2 heterocycles. The molecule has 1 aromatic carbocycles. The minimum Gasteiger partial charge on any atom is -0.450 e.